The normalized spacial score (nSPS) is 8.44. The van der Waals surface area contributed by atoms with Crippen molar-refractivity contribution in [3.8, 4) is 5.75 Å². The summed E-state index contributed by atoms with van der Waals surface area (Å²) in [6.45, 7) is -0.440. The van der Waals surface area contributed by atoms with Gasteiger partial charge in [0.1, 0.15) is 5.75 Å². The first-order valence-electron chi connectivity index (χ1n) is 4.58. The second kappa shape index (κ2) is 8.45. The minimum Gasteiger partial charge on any atom is -0.481 e. The smallest absolute Gasteiger partial charge is 0.368 e. The monoisotopic (exact) mass is 254 g/mol. The molecule has 0 aliphatic carbocycles. The number of aldehydes is 2. The fourth-order valence-corrected chi connectivity index (χ4v) is 0.849. The number of hydrogen-bond donors (Lipinski definition) is 2. The molecule has 0 spiro atoms. The molecule has 0 radical (unpaired) electrons. The molecule has 0 bridgehead atoms. The lowest BCUT2D eigenvalue weighted by atomic mass is 10.2. The highest BCUT2D eigenvalue weighted by molar-refractivity contribution is 6.19. The summed E-state index contributed by atoms with van der Waals surface area (Å²) >= 11 is 0. The van der Waals surface area contributed by atoms with Crippen molar-refractivity contribution in [2.75, 3.05) is 6.61 Å². The van der Waals surface area contributed by atoms with Crippen LogP contribution >= 0.6 is 0 Å². The van der Waals surface area contributed by atoms with Gasteiger partial charge in [-0.2, -0.15) is 0 Å². The molecular formula is C11H10O7. The van der Waals surface area contributed by atoms with E-state index in [0.717, 1.165) is 0 Å². The molecule has 0 fully saturated rings. The number of benzene rings is 1. The van der Waals surface area contributed by atoms with E-state index < -0.39 is 18.5 Å². The van der Waals surface area contributed by atoms with E-state index in [1.165, 1.54) is 0 Å². The molecule has 7 nitrogen and oxygen atoms in total. The summed E-state index contributed by atoms with van der Waals surface area (Å²) in [7, 11) is 0. The van der Waals surface area contributed by atoms with Crippen molar-refractivity contribution in [1.82, 2.24) is 0 Å². The fourth-order valence-electron chi connectivity index (χ4n) is 0.849. The zero-order chi connectivity index (χ0) is 14.0. The highest BCUT2D eigenvalue weighted by Crippen LogP contribution is 2.14. The Morgan fingerprint density at radius 1 is 1.17 bits per heavy atom. The Bertz CT molecular complexity index is 439. The summed E-state index contributed by atoms with van der Waals surface area (Å²) < 4.78 is 4.86. The van der Waals surface area contributed by atoms with Gasteiger partial charge >= 0.3 is 11.9 Å². The first kappa shape index (κ1) is 15.3. The highest BCUT2D eigenvalue weighted by atomic mass is 16.5. The number of carbonyl (C=O) groups is 4. The molecule has 18 heavy (non-hydrogen) atoms. The zero-order valence-electron chi connectivity index (χ0n) is 9.11. The van der Waals surface area contributed by atoms with Crippen LogP contribution in [0, 0.1) is 0 Å². The SMILES string of the molecule is O=CC(=O)O.O=Cc1ccccc1OCC(=O)O. The number of aliphatic carboxylic acids is 2. The fraction of sp³-hybridized carbons (Fsp3) is 0.0909. The molecule has 1 aromatic rings. The Balaban J connectivity index is 0.000000494. The number of ether oxygens (including phenoxy) is 1. The van der Waals surface area contributed by atoms with Crippen LogP contribution in [0.25, 0.3) is 0 Å². The predicted octanol–water partition coefficient (Wildman–Crippen LogP) is 0.232. The third kappa shape index (κ3) is 6.72. The van der Waals surface area contributed by atoms with Crippen molar-refractivity contribution in [3.63, 3.8) is 0 Å². The maximum atomic E-state index is 10.4. The minimum absolute atomic E-state index is 0.167. The van der Waals surface area contributed by atoms with E-state index in [1.54, 1.807) is 24.3 Å². The second-order valence-corrected chi connectivity index (χ2v) is 2.79. The predicted molar refractivity (Wildman–Crippen MR) is 58.7 cm³/mol. The van der Waals surface area contributed by atoms with Crippen LogP contribution in [0.1, 0.15) is 10.4 Å². The Morgan fingerprint density at radius 3 is 2.17 bits per heavy atom. The number of carboxylic acids is 2. The molecule has 0 aliphatic rings. The lowest BCUT2D eigenvalue weighted by molar-refractivity contribution is -0.143. The quantitative estimate of drug-likeness (QED) is 0.570. The van der Waals surface area contributed by atoms with Gasteiger partial charge in [0.2, 0.25) is 6.29 Å². The number of rotatable bonds is 5. The van der Waals surface area contributed by atoms with Crippen molar-refractivity contribution in [2.45, 2.75) is 0 Å². The number of para-hydroxylation sites is 1. The van der Waals surface area contributed by atoms with Crippen molar-refractivity contribution in [1.29, 1.82) is 0 Å². The summed E-state index contributed by atoms with van der Waals surface area (Å²) in [5.74, 6) is -2.20. The second-order valence-electron chi connectivity index (χ2n) is 2.79. The van der Waals surface area contributed by atoms with Crippen LogP contribution in [0.5, 0.6) is 5.75 Å². The van der Waals surface area contributed by atoms with E-state index in [0.29, 0.717) is 17.6 Å². The Kier molecular flexibility index (Phi) is 7.18. The molecule has 7 heteroatoms. The molecule has 0 aliphatic heterocycles. The molecule has 0 saturated carbocycles. The summed E-state index contributed by atoms with van der Waals surface area (Å²) in [4.78, 5) is 38.5. The minimum atomic E-state index is -1.43. The van der Waals surface area contributed by atoms with Crippen LogP contribution in [-0.4, -0.2) is 41.3 Å². The van der Waals surface area contributed by atoms with Crippen LogP contribution in [-0.2, 0) is 14.4 Å². The molecule has 0 amide bonds. The van der Waals surface area contributed by atoms with Gasteiger partial charge in [0.25, 0.3) is 0 Å². The first-order chi connectivity index (χ1) is 8.51. The maximum absolute atomic E-state index is 10.4. The Morgan fingerprint density at radius 2 is 1.72 bits per heavy atom. The van der Waals surface area contributed by atoms with Gasteiger partial charge in [-0.3, -0.25) is 9.59 Å². The van der Waals surface area contributed by atoms with Crippen molar-refractivity contribution in [3.05, 3.63) is 29.8 Å². The molecule has 0 unspecified atom stereocenters. The first-order valence-corrected chi connectivity index (χ1v) is 4.58. The van der Waals surface area contributed by atoms with Gasteiger partial charge < -0.3 is 14.9 Å². The largest absolute Gasteiger partial charge is 0.481 e. The summed E-state index contributed by atoms with van der Waals surface area (Å²) in [5, 5.41) is 15.7. The third-order valence-corrected chi connectivity index (χ3v) is 1.50. The molecule has 1 rings (SSSR count). The van der Waals surface area contributed by atoms with Gasteiger partial charge in [-0.1, -0.05) is 12.1 Å². The third-order valence-electron chi connectivity index (χ3n) is 1.50. The zero-order valence-corrected chi connectivity index (χ0v) is 9.11. The van der Waals surface area contributed by atoms with Crippen molar-refractivity contribution < 1.29 is 34.1 Å². The molecule has 1 aromatic carbocycles. The maximum Gasteiger partial charge on any atom is 0.368 e. The average Bonchev–Trinajstić information content (AvgIpc) is 2.37. The number of carboxylic acid groups (broad SMARTS) is 2. The van der Waals surface area contributed by atoms with Crippen LogP contribution in [0.2, 0.25) is 0 Å². The highest BCUT2D eigenvalue weighted by Gasteiger charge is 2.03. The van der Waals surface area contributed by atoms with E-state index in [-0.39, 0.29) is 6.29 Å². The molecule has 0 saturated heterocycles. The van der Waals surface area contributed by atoms with E-state index in [4.69, 9.17) is 24.5 Å². The van der Waals surface area contributed by atoms with Gasteiger partial charge in [0.15, 0.2) is 12.9 Å². The van der Waals surface area contributed by atoms with Gasteiger partial charge in [0, 0.05) is 0 Å². The average molecular weight is 254 g/mol. The van der Waals surface area contributed by atoms with Gasteiger partial charge in [0.05, 0.1) is 5.56 Å². The standard InChI is InChI=1S/C9H8O4.C2H2O3/c10-5-7-3-1-2-4-8(7)13-6-9(11)12;3-1-2(4)5/h1-5H,6H2,(H,11,12);1H,(H,4,5). The number of carbonyl (C=O) groups excluding carboxylic acids is 2. The van der Waals surface area contributed by atoms with Crippen molar-refractivity contribution in [2.24, 2.45) is 0 Å². The molecule has 0 heterocycles. The van der Waals surface area contributed by atoms with Gasteiger partial charge in [-0.15, -0.1) is 0 Å². The van der Waals surface area contributed by atoms with E-state index in [9.17, 15) is 9.59 Å². The Hall–Kier alpha value is -2.70. The molecule has 2 N–H and O–H groups in total. The Labute approximate surface area is 102 Å². The van der Waals surface area contributed by atoms with Crippen LogP contribution in [0.3, 0.4) is 0 Å². The van der Waals surface area contributed by atoms with Gasteiger partial charge in [-0.25, -0.2) is 9.59 Å². The lowest BCUT2D eigenvalue weighted by Crippen LogP contribution is -2.10. The molecule has 0 aromatic heterocycles. The number of hydrogen-bond acceptors (Lipinski definition) is 5. The summed E-state index contributed by atoms with van der Waals surface area (Å²) in [6, 6.07) is 6.46. The van der Waals surface area contributed by atoms with E-state index >= 15 is 0 Å². The van der Waals surface area contributed by atoms with Crippen molar-refractivity contribution >= 4 is 24.5 Å². The van der Waals surface area contributed by atoms with Crippen LogP contribution in [0.4, 0.5) is 0 Å². The van der Waals surface area contributed by atoms with E-state index in [2.05, 4.69) is 0 Å². The van der Waals surface area contributed by atoms with Crippen LogP contribution in [0.15, 0.2) is 24.3 Å². The topological polar surface area (TPSA) is 118 Å². The molecule has 96 valence electrons. The summed E-state index contributed by atoms with van der Waals surface area (Å²) in [6.07, 6.45) is 0.456. The van der Waals surface area contributed by atoms with E-state index in [1.807, 2.05) is 0 Å². The van der Waals surface area contributed by atoms with Gasteiger partial charge in [-0.05, 0) is 12.1 Å². The van der Waals surface area contributed by atoms with Crippen LogP contribution < -0.4 is 4.74 Å². The lowest BCUT2D eigenvalue weighted by Gasteiger charge is -2.04. The summed E-state index contributed by atoms with van der Waals surface area (Å²) in [5.41, 5.74) is 0.351. The molecular weight excluding hydrogens is 244 g/mol. The molecule has 0 atom stereocenters.